The lowest BCUT2D eigenvalue weighted by Crippen LogP contribution is -2.35. The van der Waals surface area contributed by atoms with Gasteiger partial charge in [0.2, 0.25) is 5.91 Å². The van der Waals surface area contributed by atoms with Gasteiger partial charge in [0.1, 0.15) is 0 Å². The van der Waals surface area contributed by atoms with Crippen LogP contribution >= 0.6 is 0 Å². The van der Waals surface area contributed by atoms with Gasteiger partial charge in [-0.2, -0.15) is 0 Å². The molecule has 1 atom stereocenters. The van der Waals surface area contributed by atoms with E-state index in [0.717, 1.165) is 18.8 Å². The van der Waals surface area contributed by atoms with Gasteiger partial charge in [-0.3, -0.25) is 4.79 Å². The van der Waals surface area contributed by atoms with Crippen LogP contribution in [-0.4, -0.2) is 43.5 Å². The third-order valence-electron chi connectivity index (χ3n) is 3.60. The molecule has 1 unspecified atom stereocenters. The number of carbonyl (C=O) groups is 1. The Balaban J connectivity index is 1.59. The Bertz CT molecular complexity index is 401. The lowest BCUT2D eigenvalue weighted by Gasteiger charge is -2.20. The van der Waals surface area contributed by atoms with Crippen LogP contribution < -0.4 is 10.6 Å². The molecule has 1 fully saturated rings. The van der Waals surface area contributed by atoms with E-state index < -0.39 is 0 Å². The molecule has 4 heteroatoms. The lowest BCUT2D eigenvalue weighted by molar-refractivity contribution is -0.115. The highest BCUT2D eigenvalue weighted by atomic mass is 16.1. The highest BCUT2D eigenvalue weighted by Gasteiger charge is 2.14. The predicted octanol–water partition coefficient (Wildman–Crippen LogP) is 1.95. The molecular weight excluding hydrogens is 250 g/mol. The molecule has 0 bridgehead atoms. The smallest absolute Gasteiger partial charge is 0.238 e. The number of rotatable bonds is 7. The summed E-state index contributed by atoms with van der Waals surface area (Å²) in [5.74, 6) is 0.599. The Morgan fingerprint density at radius 1 is 1.25 bits per heavy atom. The normalized spacial score (nSPS) is 17.1. The van der Waals surface area contributed by atoms with Crippen LogP contribution in [0.25, 0.3) is 0 Å². The van der Waals surface area contributed by atoms with E-state index in [9.17, 15) is 4.79 Å². The van der Waals surface area contributed by atoms with Crippen LogP contribution in [0.3, 0.4) is 0 Å². The Hall–Kier alpha value is -1.39. The first kappa shape index (κ1) is 15.0. The quantitative estimate of drug-likeness (QED) is 0.799. The molecule has 1 aromatic rings. The highest BCUT2D eigenvalue weighted by Crippen LogP contribution is 2.09. The molecule has 1 aromatic carbocycles. The fourth-order valence-corrected chi connectivity index (χ4v) is 2.63. The highest BCUT2D eigenvalue weighted by molar-refractivity contribution is 5.92. The molecular formula is C16H25N3O. The van der Waals surface area contributed by atoms with Crippen molar-refractivity contribution in [3.8, 4) is 0 Å². The minimum atomic E-state index is 0.0181. The number of para-hydroxylation sites is 1. The van der Waals surface area contributed by atoms with E-state index in [0.29, 0.717) is 12.5 Å². The molecule has 2 N–H and O–H groups in total. The van der Waals surface area contributed by atoms with E-state index in [4.69, 9.17) is 0 Å². The fraction of sp³-hybridized carbons (Fsp3) is 0.562. The van der Waals surface area contributed by atoms with E-state index >= 15 is 0 Å². The molecule has 0 aliphatic carbocycles. The van der Waals surface area contributed by atoms with Crippen LogP contribution in [0.1, 0.15) is 19.8 Å². The summed E-state index contributed by atoms with van der Waals surface area (Å²) in [6.45, 7) is 7.10. The van der Waals surface area contributed by atoms with Crippen LogP contribution in [0.5, 0.6) is 0 Å². The number of nitrogens with zero attached hydrogens (tertiary/aromatic N) is 1. The third-order valence-corrected chi connectivity index (χ3v) is 3.60. The largest absolute Gasteiger partial charge is 0.325 e. The molecule has 0 radical (unpaired) electrons. The van der Waals surface area contributed by atoms with Crippen molar-refractivity contribution < 1.29 is 4.79 Å². The molecule has 4 nitrogen and oxygen atoms in total. The van der Waals surface area contributed by atoms with Gasteiger partial charge in [-0.25, -0.2) is 0 Å². The van der Waals surface area contributed by atoms with Crippen molar-refractivity contribution in [2.24, 2.45) is 5.92 Å². The maximum absolute atomic E-state index is 11.8. The third kappa shape index (κ3) is 5.31. The summed E-state index contributed by atoms with van der Waals surface area (Å²) in [5.41, 5.74) is 0.851. The SMILES string of the molecule is CC(CNCC(=O)Nc1ccccc1)CN1CCCC1. The standard InChI is InChI=1S/C16H25N3O/c1-14(13-19-9-5-6-10-19)11-17-12-16(20)18-15-7-3-2-4-8-15/h2-4,7-8,14,17H,5-6,9-13H2,1H3,(H,18,20). The first-order valence-electron chi connectivity index (χ1n) is 7.52. The van der Waals surface area contributed by atoms with Crippen LogP contribution in [-0.2, 0) is 4.79 Å². The van der Waals surface area contributed by atoms with Gasteiger partial charge in [0.25, 0.3) is 0 Å². The van der Waals surface area contributed by atoms with Crippen LogP contribution in [0, 0.1) is 5.92 Å². The number of likely N-dealkylation sites (tertiary alicyclic amines) is 1. The van der Waals surface area contributed by atoms with Crippen LogP contribution in [0.15, 0.2) is 30.3 Å². The summed E-state index contributed by atoms with van der Waals surface area (Å²) in [5, 5.41) is 6.12. The second kappa shape index (κ2) is 8.02. The lowest BCUT2D eigenvalue weighted by atomic mass is 10.1. The zero-order valence-electron chi connectivity index (χ0n) is 12.3. The van der Waals surface area contributed by atoms with E-state index in [1.54, 1.807) is 0 Å². The number of nitrogens with one attached hydrogen (secondary N) is 2. The molecule has 0 saturated carbocycles. The Morgan fingerprint density at radius 2 is 1.95 bits per heavy atom. The first-order chi connectivity index (χ1) is 9.74. The minimum absolute atomic E-state index is 0.0181. The number of anilines is 1. The van der Waals surface area contributed by atoms with Crippen molar-refractivity contribution in [3.05, 3.63) is 30.3 Å². The minimum Gasteiger partial charge on any atom is -0.325 e. The molecule has 1 aliphatic rings. The molecule has 1 saturated heterocycles. The fourth-order valence-electron chi connectivity index (χ4n) is 2.63. The Labute approximate surface area is 121 Å². The zero-order valence-corrected chi connectivity index (χ0v) is 12.3. The Kier molecular flexibility index (Phi) is 6.02. The maximum Gasteiger partial charge on any atom is 0.238 e. The van der Waals surface area contributed by atoms with Crippen molar-refractivity contribution in [2.45, 2.75) is 19.8 Å². The first-order valence-corrected chi connectivity index (χ1v) is 7.52. The van der Waals surface area contributed by atoms with Crippen molar-refractivity contribution in [3.63, 3.8) is 0 Å². The summed E-state index contributed by atoms with van der Waals surface area (Å²) >= 11 is 0. The van der Waals surface area contributed by atoms with Gasteiger partial charge in [0.15, 0.2) is 0 Å². The molecule has 1 aliphatic heterocycles. The molecule has 1 heterocycles. The van der Waals surface area contributed by atoms with E-state index in [1.165, 1.54) is 25.9 Å². The molecule has 1 amide bonds. The number of amides is 1. The molecule has 0 aromatic heterocycles. The van der Waals surface area contributed by atoms with Gasteiger partial charge in [-0.1, -0.05) is 25.1 Å². The number of carbonyl (C=O) groups excluding carboxylic acids is 1. The van der Waals surface area contributed by atoms with E-state index in [-0.39, 0.29) is 5.91 Å². The topological polar surface area (TPSA) is 44.4 Å². The van der Waals surface area contributed by atoms with Crippen LogP contribution in [0.2, 0.25) is 0 Å². The molecule has 2 rings (SSSR count). The summed E-state index contributed by atoms with van der Waals surface area (Å²) in [4.78, 5) is 14.3. The van der Waals surface area contributed by atoms with E-state index in [2.05, 4.69) is 22.5 Å². The van der Waals surface area contributed by atoms with Gasteiger partial charge >= 0.3 is 0 Å². The number of hydrogen-bond donors (Lipinski definition) is 2. The van der Waals surface area contributed by atoms with Crippen molar-refractivity contribution in [1.82, 2.24) is 10.2 Å². The maximum atomic E-state index is 11.8. The van der Waals surface area contributed by atoms with Crippen molar-refractivity contribution >= 4 is 11.6 Å². The summed E-state index contributed by atoms with van der Waals surface area (Å²) in [7, 11) is 0. The monoisotopic (exact) mass is 275 g/mol. The summed E-state index contributed by atoms with van der Waals surface area (Å²) < 4.78 is 0. The summed E-state index contributed by atoms with van der Waals surface area (Å²) in [6, 6.07) is 9.57. The van der Waals surface area contributed by atoms with Crippen LogP contribution in [0.4, 0.5) is 5.69 Å². The van der Waals surface area contributed by atoms with Crippen molar-refractivity contribution in [1.29, 1.82) is 0 Å². The van der Waals surface area contributed by atoms with Gasteiger partial charge in [-0.05, 0) is 50.5 Å². The summed E-state index contributed by atoms with van der Waals surface area (Å²) in [6.07, 6.45) is 2.67. The molecule has 110 valence electrons. The van der Waals surface area contributed by atoms with Crippen molar-refractivity contribution in [2.75, 3.05) is 38.0 Å². The number of benzene rings is 1. The second-order valence-corrected chi connectivity index (χ2v) is 5.66. The average molecular weight is 275 g/mol. The average Bonchev–Trinajstić information content (AvgIpc) is 2.92. The van der Waals surface area contributed by atoms with Gasteiger partial charge < -0.3 is 15.5 Å². The van der Waals surface area contributed by atoms with Gasteiger partial charge in [-0.15, -0.1) is 0 Å². The van der Waals surface area contributed by atoms with Gasteiger partial charge in [0.05, 0.1) is 6.54 Å². The van der Waals surface area contributed by atoms with Gasteiger partial charge in [0, 0.05) is 12.2 Å². The Morgan fingerprint density at radius 3 is 2.65 bits per heavy atom. The zero-order chi connectivity index (χ0) is 14.2. The van der Waals surface area contributed by atoms with E-state index in [1.807, 2.05) is 30.3 Å². The number of hydrogen-bond acceptors (Lipinski definition) is 3. The second-order valence-electron chi connectivity index (χ2n) is 5.66. The molecule has 20 heavy (non-hydrogen) atoms. The molecule has 0 spiro atoms. The predicted molar refractivity (Wildman–Crippen MR) is 82.8 cm³/mol.